The van der Waals surface area contributed by atoms with Gasteiger partial charge in [-0.25, -0.2) is 0 Å². The third-order valence-electron chi connectivity index (χ3n) is 4.57. The first-order chi connectivity index (χ1) is 13.4. The number of benzene rings is 1. The molecule has 0 saturated heterocycles. The Morgan fingerprint density at radius 1 is 1.36 bits per heavy atom. The van der Waals surface area contributed by atoms with Crippen LogP contribution in [0.25, 0.3) is 0 Å². The third kappa shape index (κ3) is 4.62. The van der Waals surface area contributed by atoms with Gasteiger partial charge in [-0.3, -0.25) is 14.2 Å². The fourth-order valence-corrected chi connectivity index (χ4v) is 3.22. The summed E-state index contributed by atoms with van der Waals surface area (Å²) >= 11 is 3.52. The van der Waals surface area contributed by atoms with E-state index in [1.165, 1.54) is 0 Å². The van der Waals surface area contributed by atoms with Crippen LogP contribution in [0.2, 0.25) is 0 Å². The van der Waals surface area contributed by atoms with Gasteiger partial charge in [0.15, 0.2) is 0 Å². The molecule has 0 spiro atoms. The van der Waals surface area contributed by atoms with Gasteiger partial charge in [-0.05, 0) is 47.5 Å². The number of carbonyl (C=O) groups excluding carboxylic acids is 1. The topological polar surface area (TPSA) is 74.0 Å². The number of methoxy groups -OCH3 is 1. The van der Waals surface area contributed by atoms with E-state index in [0.29, 0.717) is 18.8 Å². The van der Waals surface area contributed by atoms with Crippen LogP contribution in [-0.2, 0) is 17.9 Å². The lowest BCUT2D eigenvalue weighted by atomic mass is 10.1. The molecule has 28 heavy (non-hydrogen) atoms. The van der Waals surface area contributed by atoms with Crippen LogP contribution in [0.5, 0.6) is 5.75 Å². The van der Waals surface area contributed by atoms with Gasteiger partial charge in [-0.15, -0.1) is 0 Å². The summed E-state index contributed by atoms with van der Waals surface area (Å²) in [7, 11) is 1.65. The van der Waals surface area contributed by atoms with Crippen molar-refractivity contribution >= 4 is 27.5 Å². The molecule has 0 aliphatic carbocycles. The molecule has 1 unspecified atom stereocenters. The fourth-order valence-electron chi connectivity index (χ4n) is 2.93. The number of nitrogens with zero attached hydrogens (tertiary/aromatic N) is 4. The minimum Gasteiger partial charge on any atom is -0.497 e. The Morgan fingerprint density at radius 3 is 2.82 bits per heavy atom. The van der Waals surface area contributed by atoms with Crippen molar-refractivity contribution in [2.24, 2.45) is 5.92 Å². The van der Waals surface area contributed by atoms with Crippen LogP contribution in [0.15, 0.2) is 41.1 Å². The minimum atomic E-state index is -0.230. The number of ether oxygens (including phenoxy) is 1. The van der Waals surface area contributed by atoms with Crippen LogP contribution in [0, 0.1) is 19.8 Å². The predicted molar refractivity (Wildman–Crippen MR) is 112 cm³/mol. The van der Waals surface area contributed by atoms with Crippen molar-refractivity contribution in [2.75, 3.05) is 12.4 Å². The molecule has 3 rings (SSSR count). The molecule has 1 amide bonds. The molecule has 1 aromatic carbocycles. The van der Waals surface area contributed by atoms with Gasteiger partial charge in [0, 0.05) is 11.9 Å². The first kappa shape index (κ1) is 20.1. The summed E-state index contributed by atoms with van der Waals surface area (Å²) in [5, 5.41) is 11.7. The van der Waals surface area contributed by atoms with E-state index in [4.69, 9.17) is 4.74 Å². The van der Waals surface area contributed by atoms with Crippen molar-refractivity contribution in [1.82, 2.24) is 19.6 Å². The standard InChI is InChI=1S/C20H24BrN5O2/c1-13(10-26-15(3)19(21)14(2)24-26)20(27)23-17-9-22-25(12-17)11-16-6-5-7-18(8-16)28-4/h5-9,12-13H,10-11H2,1-4H3,(H,23,27). The first-order valence-corrected chi connectivity index (χ1v) is 9.82. The molecule has 0 aliphatic heterocycles. The maximum Gasteiger partial charge on any atom is 0.229 e. The molecule has 0 aliphatic rings. The largest absolute Gasteiger partial charge is 0.497 e. The van der Waals surface area contributed by atoms with Crippen molar-refractivity contribution in [3.63, 3.8) is 0 Å². The van der Waals surface area contributed by atoms with Crippen molar-refractivity contribution in [1.29, 1.82) is 0 Å². The maximum absolute atomic E-state index is 12.6. The highest BCUT2D eigenvalue weighted by Gasteiger charge is 2.18. The van der Waals surface area contributed by atoms with Gasteiger partial charge in [0.25, 0.3) is 0 Å². The fraction of sp³-hybridized carbons (Fsp3) is 0.350. The molecule has 1 atom stereocenters. The second-order valence-corrected chi connectivity index (χ2v) is 7.63. The van der Waals surface area contributed by atoms with Crippen LogP contribution in [0.3, 0.4) is 0 Å². The van der Waals surface area contributed by atoms with Gasteiger partial charge in [-0.2, -0.15) is 10.2 Å². The molecule has 3 aromatic rings. The molecule has 0 radical (unpaired) electrons. The number of rotatable bonds is 7. The summed E-state index contributed by atoms with van der Waals surface area (Å²) < 4.78 is 9.87. The summed E-state index contributed by atoms with van der Waals surface area (Å²) in [6, 6.07) is 7.83. The average molecular weight is 446 g/mol. The van der Waals surface area contributed by atoms with E-state index in [-0.39, 0.29) is 11.8 Å². The molecule has 7 nitrogen and oxygen atoms in total. The summed E-state index contributed by atoms with van der Waals surface area (Å²) in [6.45, 7) is 6.93. The molecule has 0 fully saturated rings. The van der Waals surface area contributed by atoms with Crippen LogP contribution in [0.4, 0.5) is 5.69 Å². The van der Waals surface area contributed by atoms with Crippen LogP contribution >= 0.6 is 15.9 Å². The maximum atomic E-state index is 12.6. The summed E-state index contributed by atoms with van der Waals surface area (Å²) in [4.78, 5) is 12.6. The average Bonchev–Trinajstić information content (AvgIpc) is 3.21. The number of aryl methyl sites for hydroxylation is 1. The number of halogens is 1. The lowest BCUT2D eigenvalue weighted by molar-refractivity contribution is -0.119. The SMILES string of the molecule is COc1cccc(Cn2cc(NC(=O)C(C)Cn3nc(C)c(Br)c3C)cn2)c1. The van der Waals surface area contributed by atoms with E-state index in [9.17, 15) is 4.79 Å². The quantitative estimate of drug-likeness (QED) is 0.600. The highest BCUT2D eigenvalue weighted by Crippen LogP contribution is 2.21. The molecule has 0 bridgehead atoms. The van der Waals surface area contributed by atoms with E-state index < -0.39 is 0 Å². The zero-order valence-corrected chi connectivity index (χ0v) is 18.0. The van der Waals surface area contributed by atoms with Gasteiger partial charge in [0.2, 0.25) is 5.91 Å². The Morgan fingerprint density at radius 2 is 2.14 bits per heavy atom. The van der Waals surface area contributed by atoms with Crippen molar-refractivity contribution < 1.29 is 9.53 Å². The number of carbonyl (C=O) groups is 1. The van der Waals surface area contributed by atoms with E-state index in [0.717, 1.165) is 27.2 Å². The highest BCUT2D eigenvalue weighted by molar-refractivity contribution is 9.10. The number of hydrogen-bond donors (Lipinski definition) is 1. The van der Waals surface area contributed by atoms with Gasteiger partial charge >= 0.3 is 0 Å². The number of amides is 1. The Balaban J connectivity index is 1.60. The van der Waals surface area contributed by atoms with E-state index in [1.807, 2.05) is 55.9 Å². The van der Waals surface area contributed by atoms with Crippen LogP contribution in [-0.4, -0.2) is 32.6 Å². The molecular weight excluding hydrogens is 422 g/mol. The Hall–Kier alpha value is -2.61. The number of aromatic nitrogens is 4. The van der Waals surface area contributed by atoms with Crippen molar-refractivity contribution in [3.8, 4) is 5.75 Å². The number of anilines is 1. The molecule has 148 valence electrons. The number of hydrogen-bond acceptors (Lipinski definition) is 4. The van der Waals surface area contributed by atoms with Crippen LogP contribution in [0.1, 0.15) is 23.9 Å². The van der Waals surface area contributed by atoms with Gasteiger partial charge in [-0.1, -0.05) is 19.1 Å². The Kier molecular flexibility index (Phi) is 6.18. The lowest BCUT2D eigenvalue weighted by Crippen LogP contribution is -2.25. The monoisotopic (exact) mass is 445 g/mol. The molecular formula is C20H24BrN5O2. The second-order valence-electron chi connectivity index (χ2n) is 6.84. The van der Waals surface area contributed by atoms with Crippen molar-refractivity contribution in [2.45, 2.75) is 33.9 Å². The highest BCUT2D eigenvalue weighted by atomic mass is 79.9. The normalized spacial score (nSPS) is 12.0. The molecule has 1 N–H and O–H groups in total. The molecule has 0 saturated carbocycles. The Bertz CT molecular complexity index is 979. The van der Waals surface area contributed by atoms with Crippen molar-refractivity contribution in [3.05, 3.63) is 58.1 Å². The lowest BCUT2D eigenvalue weighted by Gasteiger charge is -2.12. The van der Waals surface area contributed by atoms with E-state index >= 15 is 0 Å². The van der Waals surface area contributed by atoms with E-state index in [1.54, 1.807) is 18.0 Å². The second kappa shape index (κ2) is 8.60. The van der Waals surface area contributed by atoms with Gasteiger partial charge in [0.1, 0.15) is 5.75 Å². The Labute approximate surface area is 172 Å². The molecule has 8 heteroatoms. The summed E-state index contributed by atoms with van der Waals surface area (Å²) in [5.41, 5.74) is 3.69. The van der Waals surface area contributed by atoms with Gasteiger partial charge in [0.05, 0.1) is 48.2 Å². The summed E-state index contributed by atoms with van der Waals surface area (Å²) in [6.07, 6.45) is 3.48. The molecule has 2 aromatic heterocycles. The summed E-state index contributed by atoms with van der Waals surface area (Å²) in [5.74, 6) is 0.513. The zero-order valence-electron chi connectivity index (χ0n) is 16.4. The van der Waals surface area contributed by atoms with Gasteiger partial charge < -0.3 is 10.1 Å². The zero-order chi connectivity index (χ0) is 20.3. The molecule has 2 heterocycles. The van der Waals surface area contributed by atoms with Crippen LogP contribution < -0.4 is 10.1 Å². The predicted octanol–water partition coefficient (Wildman–Crippen LogP) is 3.79. The number of nitrogens with one attached hydrogen (secondary N) is 1. The first-order valence-electron chi connectivity index (χ1n) is 9.03. The smallest absolute Gasteiger partial charge is 0.229 e. The van der Waals surface area contributed by atoms with E-state index in [2.05, 4.69) is 31.4 Å². The minimum absolute atomic E-state index is 0.0652. The third-order valence-corrected chi connectivity index (χ3v) is 5.71.